The Hall–Kier alpha value is -4.18. The molecule has 36 heavy (non-hydrogen) atoms. The third-order valence-corrected chi connectivity index (χ3v) is 6.98. The van der Waals surface area contributed by atoms with E-state index >= 15 is 0 Å². The van der Waals surface area contributed by atoms with Crippen LogP contribution >= 0.6 is 0 Å². The Morgan fingerprint density at radius 1 is 0.722 bits per heavy atom. The van der Waals surface area contributed by atoms with Crippen molar-refractivity contribution >= 4 is 39.2 Å². The molecule has 0 radical (unpaired) electrons. The van der Waals surface area contributed by atoms with Crippen molar-refractivity contribution in [2.45, 2.75) is 25.7 Å². The molecule has 3 aromatic carbocycles. The number of methoxy groups -OCH3 is 2. The molecule has 0 saturated heterocycles. The normalized spacial score (nSPS) is 10.9. The molecule has 0 bridgehead atoms. The van der Waals surface area contributed by atoms with Crippen LogP contribution in [-0.4, -0.2) is 40.5 Å². The lowest BCUT2D eigenvalue weighted by molar-refractivity contribution is 0.0587. The predicted molar refractivity (Wildman–Crippen MR) is 135 cm³/mol. The van der Waals surface area contributed by atoms with E-state index in [4.69, 9.17) is 9.47 Å². The van der Waals surface area contributed by atoms with Crippen LogP contribution in [0.3, 0.4) is 0 Å². The van der Waals surface area contributed by atoms with Crippen LogP contribution in [0.4, 0.5) is 11.4 Å². The maximum Gasteiger partial charge on any atom is 0.339 e. The van der Waals surface area contributed by atoms with Crippen molar-refractivity contribution in [3.63, 3.8) is 0 Å². The lowest BCUT2D eigenvalue weighted by atomic mass is 10.1. The fourth-order valence-corrected chi connectivity index (χ4v) is 4.84. The zero-order valence-electron chi connectivity index (χ0n) is 20.5. The summed E-state index contributed by atoms with van der Waals surface area (Å²) in [7, 11) is -1.64. The van der Waals surface area contributed by atoms with Crippen LogP contribution in [0, 0.1) is 20.8 Å². The van der Waals surface area contributed by atoms with E-state index in [1.54, 1.807) is 19.9 Å². The van der Waals surface area contributed by atoms with Crippen LogP contribution in [0.15, 0.2) is 59.5 Å². The maximum atomic E-state index is 13.2. The summed E-state index contributed by atoms with van der Waals surface area (Å²) in [6, 6.07) is 13.6. The number of hydrogen-bond acceptors (Lipinski definition) is 7. The molecule has 0 atom stereocenters. The zero-order valence-corrected chi connectivity index (χ0v) is 21.3. The van der Waals surface area contributed by atoms with Gasteiger partial charge in [0.25, 0.3) is 15.9 Å². The Morgan fingerprint density at radius 3 is 2.03 bits per heavy atom. The van der Waals surface area contributed by atoms with Gasteiger partial charge in [0, 0.05) is 5.56 Å². The van der Waals surface area contributed by atoms with Crippen LogP contribution < -0.4 is 10.0 Å². The van der Waals surface area contributed by atoms with Gasteiger partial charge in [-0.25, -0.2) is 18.0 Å². The number of aryl methyl sites for hydroxylation is 3. The molecule has 0 aliphatic rings. The number of esters is 2. The largest absolute Gasteiger partial charge is 0.465 e. The van der Waals surface area contributed by atoms with Crippen LogP contribution in [0.25, 0.3) is 0 Å². The van der Waals surface area contributed by atoms with E-state index in [1.165, 1.54) is 50.6 Å². The van der Waals surface area contributed by atoms with E-state index in [9.17, 15) is 22.8 Å². The minimum atomic E-state index is -4.02. The summed E-state index contributed by atoms with van der Waals surface area (Å²) in [6.07, 6.45) is 0. The van der Waals surface area contributed by atoms with Gasteiger partial charge in [0.2, 0.25) is 0 Å². The second kappa shape index (κ2) is 10.6. The molecule has 0 heterocycles. The molecule has 3 rings (SSSR count). The molecule has 0 fully saturated rings. The minimum Gasteiger partial charge on any atom is -0.465 e. The summed E-state index contributed by atoms with van der Waals surface area (Å²) < 4.78 is 38.4. The van der Waals surface area contributed by atoms with Crippen LogP contribution in [-0.2, 0) is 19.5 Å². The average Bonchev–Trinajstić information content (AvgIpc) is 2.85. The molecular weight excluding hydrogens is 484 g/mol. The summed E-state index contributed by atoms with van der Waals surface area (Å²) in [4.78, 5) is 37.1. The molecule has 0 aliphatic carbocycles. The summed E-state index contributed by atoms with van der Waals surface area (Å²) in [5, 5.41) is 2.56. The third kappa shape index (κ3) is 5.72. The van der Waals surface area contributed by atoms with Crippen molar-refractivity contribution < 1.29 is 32.3 Å². The smallest absolute Gasteiger partial charge is 0.339 e. The standard InChI is InChI=1S/C26H26N2O7S/c1-15-6-7-16(2)21(12-15)28-36(32,33)23-14-18(9-8-17(23)3)24(29)27-22-13-19(25(30)34-4)10-11-20(22)26(31)35-5/h6-14,28H,1-5H3,(H,27,29). The molecule has 10 heteroatoms. The van der Waals surface area contributed by atoms with Gasteiger partial charge in [-0.05, 0) is 73.9 Å². The van der Waals surface area contributed by atoms with Crippen LogP contribution in [0.5, 0.6) is 0 Å². The Labute approximate surface area is 209 Å². The van der Waals surface area contributed by atoms with E-state index in [1.807, 2.05) is 19.1 Å². The molecule has 9 nitrogen and oxygen atoms in total. The van der Waals surface area contributed by atoms with Gasteiger partial charge in [-0.15, -0.1) is 0 Å². The van der Waals surface area contributed by atoms with Crippen molar-refractivity contribution in [3.8, 4) is 0 Å². The van der Waals surface area contributed by atoms with E-state index < -0.39 is 27.9 Å². The Kier molecular flexibility index (Phi) is 7.79. The molecular formula is C26H26N2O7S. The fourth-order valence-electron chi connectivity index (χ4n) is 3.45. The highest BCUT2D eigenvalue weighted by Crippen LogP contribution is 2.25. The summed E-state index contributed by atoms with van der Waals surface area (Å²) >= 11 is 0. The molecule has 188 valence electrons. The van der Waals surface area contributed by atoms with Crippen molar-refractivity contribution in [1.29, 1.82) is 0 Å². The van der Waals surface area contributed by atoms with E-state index in [0.717, 1.165) is 11.1 Å². The monoisotopic (exact) mass is 510 g/mol. The molecule has 1 amide bonds. The van der Waals surface area contributed by atoms with E-state index in [2.05, 4.69) is 10.0 Å². The zero-order chi connectivity index (χ0) is 26.6. The number of amides is 1. The summed E-state index contributed by atoms with van der Waals surface area (Å²) in [5.74, 6) is -2.08. The van der Waals surface area contributed by atoms with Crippen molar-refractivity contribution in [3.05, 3.63) is 88.0 Å². The number of ether oxygens (including phenoxy) is 2. The van der Waals surface area contributed by atoms with Gasteiger partial charge >= 0.3 is 11.9 Å². The first-order valence-electron chi connectivity index (χ1n) is 10.8. The number of nitrogens with one attached hydrogen (secondary N) is 2. The Balaban J connectivity index is 1.97. The van der Waals surface area contributed by atoms with Crippen molar-refractivity contribution in [2.75, 3.05) is 24.3 Å². The number of sulfonamides is 1. The highest BCUT2D eigenvalue weighted by molar-refractivity contribution is 7.92. The van der Waals surface area contributed by atoms with Crippen molar-refractivity contribution in [2.24, 2.45) is 0 Å². The lowest BCUT2D eigenvalue weighted by Gasteiger charge is -2.15. The fraction of sp³-hybridized carbons (Fsp3) is 0.192. The van der Waals surface area contributed by atoms with Gasteiger partial charge in [0.1, 0.15) is 0 Å². The molecule has 0 saturated carbocycles. The molecule has 3 aromatic rings. The molecule has 2 N–H and O–H groups in total. The first-order valence-corrected chi connectivity index (χ1v) is 12.3. The first-order chi connectivity index (χ1) is 17.0. The number of anilines is 2. The number of hydrogen-bond donors (Lipinski definition) is 2. The van der Waals surface area contributed by atoms with E-state index in [0.29, 0.717) is 11.3 Å². The van der Waals surface area contributed by atoms with Gasteiger partial charge < -0.3 is 14.8 Å². The second-order valence-corrected chi connectivity index (χ2v) is 9.75. The van der Waals surface area contributed by atoms with E-state index in [-0.39, 0.29) is 27.3 Å². The topological polar surface area (TPSA) is 128 Å². The first kappa shape index (κ1) is 26.4. The lowest BCUT2D eigenvalue weighted by Crippen LogP contribution is -2.19. The summed E-state index contributed by atoms with van der Waals surface area (Å²) in [6.45, 7) is 5.26. The number of rotatable bonds is 7. The van der Waals surface area contributed by atoms with Gasteiger partial charge in [-0.1, -0.05) is 18.2 Å². The van der Waals surface area contributed by atoms with Crippen LogP contribution in [0.2, 0.25) is 0 Å². The highest BCUT2D eigenvalue weighted by atomic mass is 32.2. The Bertz CT molecular complexity index is 1460. The predicted octanol–water partition coefficient (Wildman–Crippen LogP) is 4.24. The second-order valence-electron chi connectivity index (χ2n) is 8.10. The van der Waals surface area contributed by atoms with Gasteiger partial charge in [-0.3, -0.25) is 9.52 Å². The SMILES string of the molecule is COC(=O)c1ccc(C(=O)OC)c(NC(=O)c2ccc(C)c(S(=O)(=O)Nc3cc(C)ccc3C)c2)c1. The maximum absolute atomic E-state index is 13.2. The number of carbonyl (C=O) groups is 3. The molecule has 0 aliphatic heterocycles. The van der Waals surface area contributed by atoms with Gasteiger partial charge in [0.15, 0.2) is 0 Å². The number of benzene rings is 3. The quantitative estimate of drug-likeness (QED) is 0.455. The third-order valence-electron chi connectivity index (χ3n) is 5.47. The van der Waals surface area contributed by atoms with Gasteiger partial charge in [0.05, 0.1) is 41.6 Å². The summed E-state index contributed by atoms with van der Waals surface area (Å²) in [5.41, 5.74) is 2.66. The average molecular weight is 511 g/mol. The minimum absolute atomic E-state index is 0.00763. The number of carbonyl (C=O) groups excluding carboxylic acids is 3. The molecule has 0 aromatic heterocycles. The molecule has 0 unspecified atom stereocenters. The van der Waals surface area contributed by atoms with Gasteiger partial charge in [-0.2, -0.15) is 0 Å². The van der Waals surface area contributed by atoms with Crippen molar-refractivity contribution in [1.82, 2.24) is 0 Å². The Morgan fingerprint density at radius 2 is 1.36 bits per heavy atom. The van der Waals surface area contributed by atoms with Crippen LogP contribution in [0.1, 0.15) is 47.8 Å². The highest BCUT2D eigenvalue weighted by Gasteiger charge is 2.22. The molecule has 0 spiro atoms.